The fraction of sp³-hybridized carbons (Fsp3) is 0.357. The van der Waals surface area contributed by atoms with Crippen LogP contribution >= 0.6 is 11.6 Å². The molecule has 0 bridgehead atoms. The van der Waals surface area contributed by atoms with Crippen molar-refractivity contribution in [2.24, 2.45) is 0 Å². The van der Waals surface area contributed by atoms with E-state index >= 15 is 0 Å². The second-order valence-corrected chi connectivity index (χ2v) is 5.91. The lowest BCUT2D eigenvalue weighted by atomic mass is 10.1. The van der Waals surface area contributed by atoms with Gasteiger partial charge >= 0.3 is 0 Å². The highest BCUT2D eigenvalue weighted by molar-refractivity contribution is 6.31. The number of hydrogen-bond acceptors (Lipinski definition) is 2. The number of benzene rings is 1. The van der Waals surface area contributed by atoms with E-state index in [2.05, 4.69) is 4.98 Å². The summed E-state index contributed by atoms with van der Waals surface area (Å²) in [6, 6.07) is 4.82. The number of aromatic nitrogens is 2. The van der Waals surface area contributed by atoms with Crippen LogP contribution in [0.4, 0.5) is 10.2 Å². The van der Waals surface area contributed by atoms with E-state index < -0.39 is 5.82 Å². The van der Waals surface area contributed by atoms with E-state index in [0.29, 0.717) is 17.1 Å². The first kappa shape index (κ1) is 13.9. The predicted molar refractivity (Wildman–Crippen MR) is 76.8 cm³/mol. The Kier molecular flexibility index (Phi) is 3.31. The molecule has 0 saturated carbocycles. The van der Waals surface area contributed by atoms with Gasteiger partial charge in [0.05, 0.1) is 5.02 Å². The molecule has 2 N–H and O–H groups in total. The number of nitrogens with zero attached hydrogens (tertiary/aromatic N) is 2. The van der Waals surface area contributed by atoms with Crippen molar-refractivity contribution in [2.45, 2.75) is 33.2 Å². The number of nitrogen functional groups attached to an aromatic ring is 1. The zero-order valence-corrected chi connectivity index (χ0v) is 12.2. The Morgan fingerprint density at radius 1 is 1.32 bits per heavy atom. The van der Waals surface area contributed by atoms with E-state index in [1.54, 1.807) is 12.1 Å². The fourth-order valence-electron chi connectivity index (χ4n) is 2.28. The molecule has 0 fully saturated rings. The molecule has 102 valence electrons. The molecule has 1 aromatic carbocycles. The molecule has 0 amide bonds. The van der Waals surface area contributed by atoms with Crippen LogP contribution in [0.3, 0.4) is 0 Å². The molecule has 2 aromatic rings. The molecule has 0 saturated heterocycles. The lowest BCUT2D eigenvalue weighted by molar-refractivity contribution is 0.393. The van der Waals surface area contributed by atoms with Crippen LogP contribution in [0.2, 0.25) is 5.02 Å². The SMILES string of the molecule is Cc1nc(-c2cccc(Cl)c2F)c(N)n1C(C)(C)C. The van der Waals surface area contributed by atoms with Gasteiger partial charge in [0.25, 0.3) is 0 Å². The van der Waals surface area contributed by atoms with E-state index in [4.69, 9.17) is 17.3 Å². The third-order valence-electron chi connectivity index (χ3n) is 2.96. The average molecular weight is 282 g/mol. The number of rotatable bonds is 1. The number of nitrogens with two attached hydrogens (primary N) is 1. The zero-order valence-electron chi connectivity index (χ0n) is 11.5. The minimum absolute atomic E-state index is 0.0693. The molecule has 0 aliphatic heterocycles. The number of imidazole rings is 1. The molecule has 19 heavy (non-hydrogen) atoms. The van der Waals surface area contributed by atoms with Crippen molar-refractivity contribution in [2.75, 3.05) is 5.73 Å². The van der Waals surface area contributed by atoms with Crippen molar-refractivity contribution >= 4 is 17.4 Å². The Labute approximate surface area is 117 Å². The minimum atomic E-state index is -0.491. The normalized spacial score (nSPS) is 11.9. The predicted octanol–water partition coefficient (Wildman–Crippen LogP) is 3.99. The standard InChI is InChI=1S/C14H17ClFN3/c1-8-18-12(13(17)19(8)14(2,3)4)9-6-5-7-10(15)11(9)16/h5-7H,17H2,1-4H3. The van der Waals surface area contributed by atoms with Crippen molar-refractivity contribution in [1.82, 2.24) is 9.55 Å². The quantitative estimate of drug-likeness (QED) is 0.859. The highest BCUT2D eigenvalue weighted by Crippen LogP contribution is 2.34. The Hall–Kier alpha value is -1.55. The van der Waals surface area contributed by atoms with Crippen LogP contribution < -0.4 is 5.73 Å². The Balaban J connectivity index is 2.69. The molecule has 0 aliphatic rings. The maximum absolute atomic E-state index is 14.1. The summed E-state index contributed by atoms with van der Waals surface area (Å²) in [6.07, 6.45) is 0. The van der Waals surface area contributed by atoms with Gasteiger partial charge < -0.3 is 10.3 Å². The van der Waals surface area contributed by atoms with Gasteiger partial charge in [-0.15, -0.1) is 0 Å². The number of hydrogen-bond donors (Lipinski definition) is 1. The maximum Gasteiger partial charge on any atom is 0.151 e. The summed E-state index contributed by atoms with van der Waals surface area (Å²) >= 11 is 5.80. The summed E-state index contributed by atoms with van der Waals surface area (Å²) < 4.78 is 16.0. The second-order valence-electron chi connectivity index (χ2n) is 5.50. The Morgan fingerprint density at radius 2 is 1.95 bits per heavy atom. The topological polar surface area (TPSA) is 43.8 Å². The molecule has 0 radical (unpaired) electrons. The molecule has 0 aliphatic carbocycles. The van der Waals surface area contributed by atoms with E-state index in [1.165, 1.54) is 6.07 Å². The van der Waals surface area contributed by atoms with Crippen LogP contribution in [0, 0.1) is 12.7 Å². The van der Waals surface area contributed by atoms with Gasteiger partial charge in [-0.05, 0) is 39.8 Å². The van der Waals surface area contributed by atoms with E-state index in [-0.39, 0.29) is 10.6 Å². The van der Waals surface area contributed by atoms with Gasteiger partial charge in [-0.3, -0.25) is 0 Å². The van der Waals surface area contributed by atoms with Crippen molar-refractivity contribution in [3.05, 3.63) is 34.9 Å². The van der Waals surface area contributed by atoms with E-state index in [9.17, 15) is 4.39 Å². The van der Waals surface area contributed by atoms with Crippen LogP contribution in [0.25, 0.3) is 11.3 Å². The largest absolute Gasteiger partial charge is 0.383 e. The number of halogens is 2. The van der Waals surface area contributed by atoms with Gasteiger partial charge in [0.2, 0.25) is 0 Å². The highest BCUT2D eigenvalue weighted by Gasteiger charge is 2.24. The minimum Gasteiger partial charge on any atom is -0.383 e. The maximum atomic E-state index is 14.1. The van der Waals surface area contributed by atoms with Crippen LogP contribution in [0.5, 0.6) is 0 Å². The second kappa shape index (κ2) is 4.53. The van der Waals surface area contributed by atoms with Crippen molar-refractivity contribution in [3.63, 3.8) is 0 Å². The number of aryl methyl sites for hydroxylation is 1. The first-order valence-corrected chi connectivity index (χ1v) is 6.41. The molecule has 3 nitrogen and oxygen atoms in total. The molecular formula is C14H17ClFN3. The van der Waals surface area contributed by atoms with Crippen molar-refractivity contribution in [1.29, 1.82) is 0 Å². The van der Waals surface area contributed by atoms with Gasteiger partial charge in [-0.2, -0.15) is 0 Å². The van der Waals surface area contributed by atoms with Crippen molar-refractivity contribution < 1.29 is 4.39 Å². The summed E-state index contributed by atoms with van der Waals surface area (Å²) in [7, 11) is 0. The molecule has 0 spiro atoms. The first-order chi connectivity index (χ1) is 8.73. The van der Waals surface area contributed by atoms with Crippen LogP contribution in [-0.2, 0) is 5.54 Å². The monoisotopic (exact) mass is 281 g/mol. The highest BCUT2D eigenvalue weighted by atomic mass is 35.5. The van der Waals surface area contributed by atoms with Gasteiger partial charge in [0.15, 0.2) is 5.82 Å². The Bertz CT molecular complexity index is 626. The van der Waals surface area contributed by atoms with Crippen LogP contribution in [0.1, 0.15) is 26.6 Å². The van der Waals surface area contributed by atoms with Crippen LogP contribution in [0.15, 0.2) is 18.2 Å². The van der Waals surface area contributed by atoms with Gasteiger partial charge in [0.1, 0.15) is 17.3 Å². The summed E-state index contributed by atoms with van der Waals surface area (Å²) in [5.74, 6) is 0.708. The fourth-order valence-corrected chi connectivity index (χ4v) is 2.46. The van der Waals surface area contributed by atoms with Gasteiger partial charge in [-0.25, -0.2) is 9.37 Å². The van der Waals surface area contributed by atoms with Gasteiger partial charge in [0, 0.05) is 11.1 Å². The molecule has 1 heterocycles. The summed E-state index contributed by atoms with van der Waals surface area (Å²) in [6.45, 7) is 7.93. The molecule has 5 heteroatoms. The molecular weight excluding hydrogens is 265 g/mol. The summed E-state index contributed by atoms with van der Waals surface area (Å²) in [5.41, 5.74) is 6.69. The number of anilines is 1. The third-order valence-corrected chi connectivity index (χ3v) is 3.25. The van der Waals surface area contributed by atoms with Gasteiger partial charge in [-0.1, -0.05) is 17.7 Å². The van der Waals surface area contributed by atoms with Crippen molar-refractivity contribution in [3.8, 4) is 11.3 Å². The third kappa shape index (κ3) is 2.32. The smallest absolute Gasteiger partial charge is 0.151 e. The van der Waals surface area contributed by atoms with Crippen LogP contribution in [-0.4, -0.2) is 9.55 Å². The summed E-state index contributed by atoms with van der Waals surface area (Å²) in [5, 5.41) is 0.0693. The molecule has 0 unspecified atom stereocenters. The van der Waals surface area contributed by atoms with E-state index in [1.807, 2.05) is 32.3 Å². The Morgan fingerprint density at radius 3 is 2.47 bits per heavy atom. The summed E-state index contributed by atoms with van der Waals surface area (Å²) in [4.78, 5) is 4.39. The molecule has 2 rings (SSSR count). The molecule has 1 aromatic heterocycles. The zero-order chi connectivity index (χ0) is 14.4. The average Bonchev–Trinajstić information content (AvgIpc) is 2.57. The molecule has 0 atom stereocenters. The van der Waals surface area contributed by atoms with E-state index in [0.717, 1.165) is 5.82 Å². The lowest BCUT2D eigenvalue weighted by Crippen LogP contribution is -2.24. The first-order valence-electron chi connectivity index (χ1n) is 6.03. The lowest BCUT2D eigenvalue weighted by Gasteiger charge is -2.24.